The highest BCUT2D eigenvalue weighted by atomic mass is 35.5. The summed E-state index contributed by atoms with van der Waals surface area (Å²) >= 11 is 6.98. The second kappa shape index (κ2) is 5.67. The SMILES string of the molecule is N#Cc1ccc(OCC(=O)c2ccc(Cl)s2)cc1. The molecule has 18 heavy (non-hydrogen) atoms. The van der Waals surface area contributed by atoms with Gasteiger partial charge in [-0.3, -0.25) is 4.79 Å². The molecule has 0 saturated heterocycles. The lowest BCUT2D eigenvalue weighted by Gasteiger charge is -2.03. The maximum absolute atomic E-state index is 11.7. The molecule has 0 amide bonds. The van der Waals surface area contributed by atoms with Crippen molar-refractivity contribution in [3.63, 3.8) is 0 Å². The summed E-state index contributed by atoms with van der Waals surface area (Å²) in [6, 6.07) is 12.0. The summed E-state index contributed by atoms with van der Waals surface area (Å²) < 4.78 is 5.92. The second-order valence-corrected chi connectivity index (χ2v) is 5.17. The van der Waals surface area contributed by atoms with E-state index < -0.39 is 0 Å². The molecule has 1 aromatic heterocycles. The molecule has 1 heterocycles. The number of rotatable bonds is 4. The van der Waals surface area contributed by atoms with E-state index in [2.05, 4.69) is 0 Å². The van der Waals surface area contributed by atoms with Crippen LogP contribution in [0.5, 0.6) is 5.75 Å². The molecular formula is C13H8ClNO2S. The zero-order chi connectivity index (χ0) is 13.0. The summed E-state index contributed by atoms with van der Waals surface area (Å²) in [6.07, 6.45) is 0. The molecule has 0 aliphatic heterocycles. The smallest absolute Gasteiger partial charge is 0.210 e. The fraction of sp³-hybridized carbons (Fsp3) is 0.0769. The van der Waals surface area contributed by atoms with Crippen LogP contribution in [0.4, 0.5) is 0 Å². The molecule has 0 fully saturated rings. The minimum absolute atomic E-state index is 0.0389. The molecule has 0 aliphatic carbocycles. The molecule has 0 atom stereocenters. The molecule has 2 aromatic rings. The summed E-state index contributed by atoms with van der Waals surface area (Å²) in [5, 5.41) is 8.64. The number of Topliss-reactive ketones (excluding diaryl/α,β-unsaturated/α-hetero) is 1. The van der Waals surface area contributed by atoms with E-state index in [1.807, 2.05) is 6.07 Å². The van der Waals surface area contributed by atoms with Crippen LogP contribution in [0.1, 0.15) is 15.2 Å². The molecule has 90 valence electrons. The van der Waals surface area contributed by atoms with Crippen LogP contribution in [0.25, 0.3) is 0 Å². The van der Waals surface area contributed by atoms with Gasteiger partial charge in [-0.05, 0) is 36.4 Å². The zero-order valence-corrected chi connectivity index (χ0v) is 10.8. The Morgan fingerprint density at radius 2 is 2.00 bits per heavy atom. The molecule has 2 rings (SSSR count). The van der Waals surface area contributed by atoms with Crippen molar-refractivity contribution in [1.29, 1.82) is 5.26 Å². The maximum atomic E-state index is 11.7. The van der Waals surface area contributed by atoms with Crippen LogP contribution in [-0.4, -0.2) is 12.4 Å². The van der Waals surface area contributed by atoms with Crippen LogP contribution in [0.3, 0.4) is 0 Å². The predicted molar refractivity (Wildman–Crippen MR) is 70.3 cm³/mol. The zero-order valence-electron chi connectivity index (χ0n) is 9.22. The average molecular weight is 278 g/mol. The fourth-order valence-electron chi connectivity index (χ4n) is 1.31. The van der Waals surface area contributed by atoms with Crippen molar-refractivity contribution in [2.75, 3.05) is 6.61 Å². The number of hydrogen-bond donors (Lipinski definition) is 0. The Labute approximate surface area is 113 Å². The third-order valence-electron chi connectivity index (χ3n) is 2.20. The molecule has 0 radical (unpaired) electrons. The number of carbonyl (C=O) groups is 1. The van der Waals surface area contributed by atoms with Gasteiger partial charge in [-0.15, -0.1) is 11.3 Å². The first-order valence-electron chi connectivity index (χ1n) is 5.10. The van der Waals surface area contributed by atoms with Crippen molar-refractivity contribution >= 4 is 28.7 Å². The van der Waals surface area contributed by atoms with E-state index in [4.69, 9.17) is 21.6 Å². The first-order valence-corrected chi connectivity index (χ1v) is 6.30. The molecule has 0 saturated carbocycles. The minimum atomic E-state index is -0.115. The standard InChI is InChI=1S/C13H8ClNO2S/c14-13-6-5-12(18-13)11(16)8-17-10-3-1-9(7-15)2-4-10/h1-6H,8H2. The van der Waals surface area contributed by atoms with Gasteiger partial charge in [0.1, 0.15) is 5.75 Å². The number of benzene rings is 1. The monoisotopic (exact) mass is 277 g/mol. The number of nitriles is 1. The number of halogens is 1. The summed E-state index contributed by atoms with van der Waals surface area (Å²) in [4.78, 5) is 12.3. The van der Waals surface area contributed by atoms with Crippen molar-refractivity contribution < 1.29 is 9.53 Å². The highest BCUT2D eigenvalue weighted by Gasteiger charge is 2.09. The Balaban J connectivity index is 1.95. The number of hydrogen-bond acceptors (Lipinski definition) is 4. The fourth-order valence-corrected chi connectivity index (χ4v) is 2.28. The van der Waals surface area contributed by atoms with Gasteiger partial charge in [0.25, 0.3) is 0 Å². The van der Waals surface area contributed by atoms with E-state index in [0.29, 0.717) is 20.5 Å². The molecular weight excluding hydrogens is 270 g/mol. The molecule has 1 aromatic carbocycles. The lowest BCUT2D eigenvalue weighted by atomic mass is 10.2. The molecule has 0 spiro atoms. The van der Waals surface area contributed by atoms with Gasteiger partial charge in [-0.1, -0.05) is 11.6 Å². The number of ether oxygens (including phenoxy) is 1. The van der Waals surface area contributed by atoms with E-state index in [0.717, 1.165) is 0 Å². The van der Waals surface area contributed by atoms with Crippen LogP contribution in [-0.2, 0) is 0 Å². The van der Waals surface area contributed by atoms with E-state index in [1.165, 1.54) is 11.3 Å². The van der Waals surface area contributed by atoms with E-state index in [9.17, 15) is 4.79 Å². The summed E-state index contributed by atoms with van der Waals surface area (Å²) in [5.74, 6) is 0.446. The average Bonchev–Trinajstić information content (AvgIpc) is 2.83. The predicted octanol–water partition coefficient (Wildman–Crippen LogP) is 3.53. The van der Waals surface area contributed by atoms with Gasteiger partial charge < -0.3 is 4.74 Å². The molecule has 0 bridgehead atoms. The normalized spacial score (nSPS) is 9.78. The number of ketones is 1. The third-order valence-corrected chi connectivity index (χ3v) is 3.47. The Kier molecular flexibility index (Phi) is 3.98. The van der Waals surface area contributed by atoms with E-state index >= 15 is 0 Å². The molecule has 5 heteroatoms. The lowest BCUT2D eigenvalue weighted by Crippen LogP contribution is -2.09. The largest absolute Gasteiger partial charge is 0.485 e. The van der Waals surface area contributed by atoms with Gasteiger partial charge in [-0.25, -0.2) is 0 Å². The van der Waals surface area contributed by atoms with E-state index in [-0.39, 0.29) is 12.4 Å². The molecule has 0 unspecified atom stereocenters. The first-order chi connectivity index (χ1) is 8.69. The Bertz CT molecular complexity index is 598. The van der Waals surface area contributed by atoms with Crippen molar-refractivity contribution in [2.24, 2.45) is 0 Å². The van der Waals surface area contributed by atoms with Gasteiger partial charge in [0.15, 0.2) is 6.61 Å². The number of carbonyl (C=O) groups excluding carboxylic acids is 1. The Hall–Kier alpha value is -1.83. The Morgan fingerprint density at radius 1 is 1.28 bits per heavy atom. The quantitative estimate of drug-likeness (QED) is 0.803. The molecule has 0 aliphatic rings. The van der Waals surface area contributed by atoms with Gasteiger partial charge in [0.05, 0.1) is 20.8 Å². The summed E-state index contributed by atoms with van der Waals surface area (Å²) in [6.45, 7) is -0.0389. The Morgan fingerprint density at radius 3 is 2.56 bits per heavy atom. The van der Waals surface area contributed by atoms with Crippen molar-refractivity contribution in [3.8, 4) is 11.8 Å². The van der Waals surface area contributed by atoms with Gasteiger partial charge in [0.2, 0.25) is 5.78 Å². The molecule has 0 N–H and O–H groups in total. The highest BCUT2D eigenvalue weighted by molar-refractivity contribution is 7.18. The highest BCUT2D eigenvalue weighted by Crippen LogP contribution is 2.22. The number of nitrogens with zero attached hydrogens (tertiary/aromatic N) is 1. The third kappa shape index (κ3) is 3.10. The van der Waals surface area contributed by atoms with Crippen molar-refractivity contribution in [2.45, 2.75) is 0 Å². The van der Waals surface area contributed by atoms with Crippen molar-refractivity contribution in [3.05, 3.63) is 51.2 Å². The van der Waals surface area contributed by atoms with Crippen LogP contribution in [0.15, 0.2) is 36.4 Å². The van der Waals surface area contributed by atoms with Crippen LogP contribution < -0.4 is 4.74 Å². The summed E-state index contributed by atoms with van der Waals surface area (Å²) in [7, 11) is 0. The van der Waals surface area contributed by atoms with Crippen molar-refractivity contribution in [1.82, 2.24) is 0 Å². The van der Waals surface area contributed by atoms with Gasteiger partial charge in [0, 0.05) is 0 Å². The van der Waals surface area contributed by atoms with Gasteiger partial charge >= 0.3 is 0 Å². The molecule has 3 nitrogen and oxygen atoms in total. The van der Waals surface area contributed by atoms with Gasteiger partial charge in [-0.2, -0.15) is 5.26 Å². The lowest BCUT2D eigenvalue weighted by molar-refractivity contribution is 0.0925. The topological polar surface area (TPSA) is 50.1 Å². The maximum Gasteiger partial charge on any atom is 0.210 e. The second-order valence-electron chi connectivity index (χ2n) is 3.45. The van der Waals surface area contributed by atoms with Crippen LogP contribution in [0, 0.1) is 11.3 Å². The summed E-state index contributed by atoms with van der Waals surface area (Å²) in [5.41, 5.74) is 0.554. The number of thiophene rings is 1. The minimum Gasteiger partial charge on any atom is -0.485 e. The van der Waals surface area contributed by atoms with Crippen LogP contribution >= 0.6 is 22.9 Å². The first kappa shape index (κ1) is 12.6. The van der Waals surface area contributed by atoms with E-state index in [1.54, 1.807) is 36.4 Å². The van der Waals surface area contributed by atoms with Crippen LogP contribution in [0.2, 0.25) is 4.34 Å².